The van der Waals surface area contributed by atoms with Crippen molar-refractivity contribution in [2.24, 2.45) is 11.8 Å². The molecule has 33 heavy (non-hydrogen) atoms. The van der Waals surface area contributed by atoms with Gasteiger partial charge >= 0.3 is 0 Å². The highest BCUT2D eigenvalue weighted by Crippen LogP contribution is 2.43. The molecular weight excluding hydrogens is 599 g/mol. The number of imide groups is 1. The molecule has 0 bridgehead atoms. The molecule has 1 aliphatic heterocycles. The van der Waals surface area contributed by atoms with Crippen LogP contribution in [0.4, 0.5) is 0 Å². The summed E-state index contributed by atoms with van der Waals surface area (Å²) in [6.07, 6.45) is 0.891. The van der Waals surface area contributed by atoms with Crippen LogP contribution in [0.3, 0.4) is 0 Å². The number of carbonyl (C=O) groups excluding carboxylic acids is 4. The molecule has 0 radical (unpaired) electrons. The van der Waals surface area contributed by atoms with Gasteiger partial charge in [-0.15, -0.1) is 0 Å². The third-order valence-electron chi connectivity index (χ3n) is 5.93. The van der Waals surface area contributed by atoms with Gasteiger partial charge in [-0.05, 0) is 49.2 Å². The van der Waals surface area contributed by atoms with Gasteiger partial charge in [0, 0.05) is 20.2 Å². The zero-order chi connectivity index (χ0) is 23.9. The van der Waals surface area contributed by atoms with Crippen LogP contribution in [-0.2, 0) is 9.59 Å². The second-order valence-corrected chi connectivity index (χ2v) is 11.2. The van der Waals surface area contributed by atoms with Gasteiger partial charge in [-0.25, -0.2) is 5.01 Å². The monoisotopic (exact) mass is 614 g/mol. The summed E-state index contributed by atoms with van der Waals surface area (Å²) in [6, 6.07) is 12.5. The number of ketones is 1. The number of benzene rings is 2. The summed E-state index contributed by atoms with van der Waals surface area (Å²) in [7, 11) is 0. The largest absolute Gasteiger partial charge is 0.292 e. The standard InChI is InChI=1S/C23H18Br2Cl2N2O4/c24-17-9-15-16(10-18(17)25)23(33)29(22(15)32)28(21(31)14-3-1-2-4-19(14)27)11-20(30)12-5-7-13(26)8-6-12/h1-8,15-18H,9-11H2/t15-,16+,17+,18-. The lowest BCUT2D eigenvalue weighted by molar-refractivity contribution is -0.154. The predicted octanol–water partition coefficient (Wildman–Crippen LogP) is 5.16. The lowest BCUT2D eigenvalue weighted by Crippen LogP contribution is -2.52. The Morgan fingerprint density at radius 2 is 1.45 bits per heavy atom. The quantitative estimate of drug-likeness (QED) is 0.264. The van der Waals surface area contributed by atoms with E-state index in [4.69, 9.17) is 23.2 Å². The van der Waals surface area contributed by atoms with Crippen molar-refractivity contribution in [2.75, 3.05) is 6.54 Å². The summed E-state index contributed by atoms with van der Waals surface area (Å²) in [4.78, 5) is 53.3. The molecule has 1 aliphatic carbocycles. The molecule has 0 aromatic heterocycles. The molecule has 0 spiro atoms. The van der Waals surface area contributed by atoms with Crippen LogP contribution in [0.1, 0.15) is 33.6 Å². The Bertz CT molecular complexity index is 1100. The first kappa shape index (κ1) is 24.4. The number of hydrogen-bond acceptors (Lipinski definition) is 4. The smallest absolute Gasteiger partial charge is 0.274 e. The molecule has 6 nitrogen and oxygen atoms in total. The SMILES string of the molecule is O=C(CN(C(=O)c1ccccc1Cl)N1C(=O)[C@H]2C[C@@H](Br)[C@@H](Br)C[C@H]2C1=O)c1ccc(Cl)cc1. The highest BCUT2D eigenvalue weighted by Gasteiger charge is 2.54. The molecule has 172 valence electrons. The number of carbonyl (C=O) groups is 4. The zero-order valence-corrected chi connectivity index (χ0v) is 21.8. The van der Waals surface area contributed by atoms with Crippen molar-refractivity contribution >= 4 is 78.6 Å². The second-order valence-electron chi connectivity index (χ2n) is 7.98. The van der Waals surface area contributed by atoms with Gasteiger partial charge in [-0.3, -0.25) is 19.2 Å². The average Bonchev–Trinajstić information content (AvgIpc) is 3.02. The van der Waals surface area contributed by atoms with Crippen LogP contribution in [0.15, 0.2) is 48.5 Å². The fourth-order valence-corrected chi connectivity index (χ4v) is 5.77. The highest BCUT2D eigenvalue weighted by atomic mass is 79.9. The molecule has 2 aromatic carbocycles. The number of fused-ring (bicyclic) bond motifs is 1. The second kappa shape index (κ2) is 9.86. The van der Waals surface area contributed by atoms with E-state index < -0.39 is 41.9 Å². The Morgan fingerprint density at radius 3 is 2.00 bits per heavy atom. The van der Waals surface area contributed by atoms with Gasteiger partial charge in [-0.1, -0.05) is 67.2 Å². The molecule has 1 heterocycles. The molecular formula is C23H18Br2Cl2N2O4. The number of rotatable bonds is 5. The van der Waals surface area contributed by atoms with E-state index in [0.29, 0.717) is 23.4 Å². The molecule has 1 saturated heterocycles. The summed E-state index contributed by atoms with van der Waals surface area (Å²) in [5.74, 6) is -3.25. The number of halogens is 4. The summed E-state index contributed by atoms with van der Waals surface area (Å²) in [5.41, 5.74) is 0.393. The minimum absolute atomic E-state index is 0.0128. The van der Waals surface area contributed by atoms with Crippen molar-refractivity contribution in [3.63, 3.8) is 0 Å². The fourth-order valence-electron chi connectivity index (χ4n) is 4.19. The van der Waals surface area contributed by atoms with Crippen LogP contribution in [-0.4, -0.2) is 49.7 Å². The maximum Gasteiger partial charge on any atom is 0.274 e. The Balaban J connectivity index is 1.71. The Hall–Kier alpha value is -1.74. The lowest BCUT2D eigenvalue weighted by atomic mass is 9.81. The molecule has 0 N–H and O–H groups in total. The zero-order valence-electron chi connectivity index (χ0n) is 17.1. The minimum atomic E-state index is -0.700. The van der Waals surface area contributed by atoms with Crippen molar-refractivity contribution in [3.8, 4) is 0 Å². The third-order valence-corrected chi connectivity index (χ3v) is 9.24. The molecule has 4 atom stereocenters. The highest BCUT2D eigenvalue weighted by molar-refractivity contribution is 9.12. The van der Waals surface area contributed by atoms with Gasteiger partial charge in [0.25, 0.3) is 17.7 Å². The van der Waals surface area contributed by atoms with Gasteiger partial charge in [-0.2, -0.15) is 5.01 Å². The van der Waals surface area contributed by atoms with Gasteiger partial charge in [0.2, 0.25) is 0 Å². The van der Waals surface area contributed by atoms with Gasteiger partial charge < -0.3 is 0 Å². The van der Waals surface area contributed by atoms with E-state index in [1.54, 1.807) is 24.3 Å². The third kappa shape index (κ3) is 4.76. The van der Waals surface area contributed by atoms with Gasteiger partial charge in [0.05, 0.1) is 22.4 Å². The van der Waals surface area contributed by atoms with Crippen molar-refractivity contribution in [3.05, 3.63) is 69.7 Å². The Labute approximate surface area is 217 Å². The molecule has 2 aromatic rings. The van der Waals surface area contributed by atoms with Gasteiger partial charge in [0.1, 0.15) is 6.54 Å². The number of amides is 3. The van der Waals surface area contributed by atoms with E-state index in [1.807, 2.05) is 0 Å². The summed E-state index contributed by atoms with van der Waals surface area (Å²) < 4.78 is 0. The minimum Gasteiger partial charge on any atom is -0.292 e. The molecule has 3 amide bonds. The molecule has 4 rings (SSSR count). The maximum atomic E-state index is 13.5. The Kier molecular flexibility index (Phi) is 7.29. The van der Waals surface area contributed by atoms with Crippen LogP contribution >= 0.6 is 55.1 Å². The average molecular weight is 617 g/mol. The number of nitrogens with zero attached hydrogens (tertiary/aromatic N) is 2. The lowest BCUT2D eigenvalue weighted by Gasteiger charge is -2.30. The molecule has 0 unspecified atom stereocenters. The summed E-state index contributed by atoms with van der Waals surface area (Å²) >= 11 is 19.2. The van der Waals surface area contributed by atoms with Crippen LogP contribution < -0.4 is 0 Å². The first-order chi connectivity index (χ1) is 15.7. The number of hydrogen-bond donors (Lipinski definition) is 0. The Morgan fingerprint density at radius 1 is 0.909 bits per heavy atom. The van der Waals surface area contributed by atoms with E-state index in [-0.39, 0.29) is 20.2 Å². The fraction of sp³-hybridized carbons (Fsp3) is 0.304. The van der Waals surface area contributed by atoms with E-state index in [0.717, 1.165) is 10.0 Å². The van der Waals surface area contributed by atoms with Crippen molar-refractivity contribution < 1.29 is 19.2 Å². The van der Waals surface area contributed by atoms with Crippen LogP contribution in [0.25, 0.3) is 0 Å². The van der Waals surface area contributed by atoms with Crippen molar-refractivity contribution in [1.29, 1.82) is 0 Å². The normalized spacial score (nSPS) is 24.5. The first-order valence-electron chi connectivity index (χ1n) is 10.2. The number of Topliss-reactive ketones (excluding diaryl/α,β-unsaturated/α-hetero) is 1. The van der Waals surface area contributed by atoms with E-state index in [2.05, 4.69) is 31.9 Å². The number of hydrazine groups is 1. The molecule has 2 aliphatic rings. The number of alkyl halides is 2. The summed E-state index contributed by atoms with van der Waals surface area (Å²) in [6.45, 7) is -0.502. The topological polar surface area (TPSA) is 74.8 Å². The molecule has 10 heteroatoms. The van der Waals surface area contributed by atoms with Crippen LogP contribution in [0, 0.1) is 11.8 Å². The van der Waals surface area contributed by atoms with Crippen LogP contribution in [0.5, 0.6) is 0 Å². The predicted molar refractivity (Wildman–Crippen MR) is 132 cm³/mol. The van der Waals surface area contributed by atoms with E-state index >= 15 is 0 Å². The van der Waals surface area contributed by atoms with Crippen LogP contribution in [0.2, 0.25) is 10.0 Å². The summed E-state index contributed by atoms with van der Waals surface area (Å²) in [5, 5.41) is 2.38. The van der Waals surface area contributed by atoms with E-state index in [1.165, 1.54) is 24.3 Å². The maximum absolute atomic E-state index is 13.5. The first-order valence-corrected chi connectivity index (χ1v) is 12.8. The van der Waals surface area contributed by atoms with Crippen molar-refractivity contribution in [2.45, 2.75) is 22.5 Å². The molecule has 2 fully saturated rings. The molecule has 1 saturated carbocycles. The van der Waals surface area contributed by atoms with E-state index in [9.17, 15) is 19.2 Å². The van der Waals surface area contributed by atoms with Gasteiger partial charge in [0.15, 0.2) is 5.78 Å². The van der Waals surface area contributed by atoms with Crippen molar-refractivity contribution in [1.82, 2.24) is 10.0 Å².